The summed E-state index contributed by atoms with van der Waals surface area (Å²) in [6.45, 7) is 13.3. The summed E-state index contributed by atoms with van der Waals surface area (Å²) in [5.41, 5.74) is 1.96. The maximum atomic E-state index is 12.7. The van der Waals surface area contributed by atoms with Gasteiger partial charge in [-0.25, -0.2) is 4.79 Å². The minimum Gasteiger partial charge on any atom is -0.497 e. The van der Waals surface area contributed by atoms with Crippen molar-refractivity contribution in [2.45, 2.75) is 65.0 Å². The van der Waals surface area contributed by atoms with Gasteiger partial charge in [0.25, 0.3) is 0 Å². The van der Waals surface area contributed by atoms with Crippen molar-refractivity contribution in [1.82, 2.24) is 0 Å². The van der Waals surface area contributed by atoms with Gasteiger partial charge in [-0.15, -0.1) is 0 Å². The minimum atomic E-state index is -2.16. The van der Waals surface area contributed by atoms with Gasteiger partial charge in [0.15, 0.2) is 8.32 Å². The van der Waals surface area contributed by atoms with E-state index in [0.29, 0.717) is 19.6 Å². The Hall–Kier alpha value is -2.31. The van der Waals surface area contributed by atoms with Crippen LogP contribution in [0.25, 0.3) is 0 Å². The van der Waals surface area contributed by atoms with Crippen molar-refractivity contribution in [2.24, 2.45) is 0 Å². The summed E-state index contributed by atoms with van der Waals surface area (Å²) in [6, 6.07) is 15.6. The molecule has 0 saturated carbocycles. The highest BCUT2D eigenvalue weighted by Crippen LogP contribution is 2.38. The van der Waals surface area contributed by atoms with Gasteiger partial charge in [-0.3, -0.25) is 0 Å². The van der Waals surface area contributed by atoms with Crippen molar-refractivity contribution >= 4 is 14.3 Å². The molecule has 0 aliphatic rings. The Labute approximate surface area is 187 Å². The summed E-state index contributed by atoms with van der Waals surface area (Å²) in [7, 11) is -0.518. The molecule has 0 radical (unpaired) electrons. The summed E-state index contributed by atoms with van der Waals surface area (Å²) in [6.07, 6.45) is -0.254. The van der Waals surface area contributed by atoms with Crippen molar-refractivity contribution in [3.05, 3.63) is 59.7 Å². The van der Waals surface area contributed by atoms with Gasteiger partial charge in [0.2, 0.25) is 0 Å². The molecule has 0 amide bonds. The fraction of sp³-hybridized carbons (Fsp3) is 0.480. The van der Waals surface area contributed by atoms with Crippen LogP contribution in [0, 0.1) is 0 Å². The average molecular weight is 445 g/mol. The van der Waals surface area contributed by atoms with Gasteiger partial charge in [0, 0.05) is 6.42 Å². The normalized spacial score (nSPS) is 12.9. The van der Waals surface area contributed by atoms with Crippen LogP contribution in [0.2, 0.25) is 18.1 Å². The van der Waals surface area contributed by atoms with E-state index in [-0.39, 0.29) is 11.0 Å². The predicted octanol–water partition coefficient (Wildman–Crippen LogP) is 5.77. The van der Waals surface area contributed by atoms with Crippen LogP contribution in [-0.2, 0) is 27.0 Å². The van der Waals surface area contributed by atoms with Crippen LogP contribution in [-0.4, -0.2) is 34.1 Å². The van der Waals surface area contributed by atoms with E-state index >= 15 is 0 Å². The molecule has 2 aromatic carbocycles. The van der Waals surface area contributed by atoms with Crippen molar-refractivity contribution in [3.8, 4) is 11.5 Å². The number of ether oxygens (including phenoxy) is 3. The van der Waals surface area contributed by atoms with E-state index in [1.54, 1.807) is 7.11 Å². The molecule has 0 bridgehead atoms. The Morgan fingerprint density at radius 2 is 1.68 bits per heavy atom. The summed E-state index contributed by atoms with van der Waals surface area (Å²) in [4.78, 5) is 12.7. The second-order valence-corrected chi connectivity index (χ2v) is 13.8. The maximum Gasteiger partial charge on any atom is 0.334 e. The lowest BCUT2D eigenvalue weighted by Crippen LogP contribution is -2.47. The van der Waals surface area contributed by atoms with E-state index in [9.17, 15) is 4.79 Å². The standard InChI is InChI=1S/C25H36O5Si/c1-8-28-24(26)23(30-31(6,7)25(2,3)4)17-20-11-9-10-12-22(20)29-18-19-13-15-21(27-5)16-14-19/h9-16,23H,8,17-18H2,1-7H3. The first kappa shape index (κ1) is 25.0. The van der Waals surface area contributed by atoms with Crippen LogP contribution in [0.3, 0.4) is 0 Å². The van der Waals surface area contributed by atoms with Gasteiger partial charge in [0.1, 0.15) is 24.2 Å². The smallest absolute Gasteiger partial charge is 0.334 e. The Morgan fingerprint density at radius 3 is 2.26 bits per heavy atom. The molecular weight excluding hydrogens is 408 g/mol. The second-order valence-electron chi connectivity index (χ2n) is 9.07. The zero-order valence-corrected chi connectivity index (χ0v) is 20.9. The Balaban J connectivity index is 2.19. The quantitative estimate of drug-likeness (QED) is 0.344. The third-order valence-corrected chi connectivity index (χ3v) is 10.2. The van der Waals surface area contributed by atoms with Crippen LogP contribution in [0.1, 0.15) is 38.8 Å². The molecule has 1 atom stereocenters. The van der Waals surface area contributed by atoms with Gasteiger partial charge in [-0.1, -0.05) is 51.1 Å². The minimum absolute atomic E-state index is 0.0118. The van der Waals surface area contributed by atoms with Gasteiger partial charge in [-0.2, -0.15) is 0 Å². The average Bonchev–Trinajstić information content (AvgIpc) is 2.72. The molecule has 0 spiro atoms. The number of rotatable bonds is 10. The molecule has 0 N–H and O–H groups in total. The first-order valence-electron chi connectivity index (χ1n) is 10.8. The fourth-order valence-corrected chi connectivity index (χ4v) is 4.08. The predicted molar refractivity (Wildman–Crippen MR) is 126 cm³/mol. The van der Waals surface area contributed by atoms with Crippen LogP contribution in [0.5, 0.6) is 11.5 Å². The third-order valence-electron chi connectivity index (χ3n) is 5.72. The molecule has 2 aromatic rings. The van der Waals surface area contributed by atoms with E-state index in [1.165, 1.54) is 0 Å². The molecule has 0 aliphatic carbocycles. The van der Waals surface area contributed by atoms with Crippen LogP contribution in [0.15, 0.2) is 48.5 Å². The van der Waals surface area contributed by atoms with Crippen LogP contribution >= 0.6 is 0 Å². The first-order chi connectivity index (χ1) is 14.6. The lowest BCUT2D eigenvalue weighted by atomic mass is 10.1. The molecule has 0 fully saturated rings. The fourth-order valence-electron chi connectivity index (χ4n) is 2.84. The Kier molecular flexibility index (Phi) is 8.71. The molecular formula is C25H36O5Si. The van der Waals surface area contributed by atoms with E-state index < -0.39 is 14.4 Å². The Morgan fingerprint density at radius 1 is 1.03 bits per heavy atom. The largest absolute Gasteiger partial charge is 0.497 e. The topological polar surface area (TPSA) is 54.0 Å². The van der Waals surface area contributed by atoms with Crippen molar-refractivity contribution < 1.29 is 23.4 Å². The van der Waals surface area contributed by atoms with E-state index in [1.807, 2.05) is 55.5 Å². The molecule has 170 valence electrons. The van der Waals surface area contributed by atoms with Gasteiger partial charge in [-0.05, 0) is 54.4 Å². The summed E-state index contributed by atoms with van der Waals surface area (Å²) in [5, 5.41) is -0.0118. The number of carbonyl (C=O) groups excluding carboxylic acids is 1. The lowest BCUT2D eigenvalue weighted by Gasteiger charge is -2.38. The first-order valence-corrected chi connectivity index (χ1v) is 13.7. The summed E-state index contributed by atoms with van der Waals surface area (Å²) >= 11 is 0. The molecule has 6 heteroatoms. The molecule has 5 nitrogen and oxygen atoms in total. The number of esters is 1. The number of para-hydroxylation sites is 1. The van der Waals surface area contributed by atoms with Crippen molar-refractivity contribution in [1.29, 1.82) is 0 Å². The molecule has 1 unspecified atom stereocenters. The number of benzene rings is 2. The molecule has 0 aromatic heterocycles. The second kappa shape index (κ2) is 10.8. The zero-order valence-electron chi connectivity index (χ0n) is 19.9. The van der Waals surface area contributed by atoms with Crippen molar-refractivity contribution in [2.75, 3.05) is 13.7 Å². The highest BCUT2D eigenvalue weighted by Gasteiger charge is 2.41. The highest BCUT2D eigenvalue weighted by atomic mass is 28.4. The lowest BCUT2D eigenvalue weighted by molar-refractivity contribution is -0.152. The molecule has 0 heterocycles. The number of hydrogen-bond donors (Lipinski definition) is 0. The third kappa shape index (κ3) is 7.11. The van der Waals surface area contributed by atoms with Crippen molar-refractivity contribution in [3.63, 3.8) is 0 Å². The van der Waals surface area contributed by atoms with Crippen LogP contribution < -0.4 is 9.47 Å². The monoisotopic (exact) mass is 444 g/mol. The van der Waals surface area contributed by atoms with Gasteiger partial charge >= 0.3 is 5.97 Å². The SMILES string of the molecule is CCOC(=O)C(Cc1ccccc1OCc1ccc(OC)cc1)O[Si](C)(C)C(C)(C)C. The Bertz CT molecular complexity index is 840. The van der Waals surface area contributed by atoms with E-state index in [2.05, 4.69) is 33.9 Å². The highest BCUT2D eigenvalue weighted by molar-refractivity contribution is 6.74. The van der Waals surface area contributed by atoms with Gasteiger partial charge in [0.05, 0.1) is 13.7 Å². The zero-order chi connectivity index (χ0) is 23.1. The van der Waals surface area contributed by atoms with E-state index in [4.69, 9.17) is 18.6 Å². The molecule has 0 aliphatic heterocycles. The van der Waals surface area contributed by atoms with Crippen LogP contribution in [0.4, 0.5) is 0 Å². The summed E-state index contributed by atoms with van der Waals surface area (Å²) in [5.74, 6) is 1.23. The van der Waals surface area contributed by atoms with E-state index in [0.717, 1.165) is 22.6 Å². The molecule has 31 heavy (non-hydrogen) atoms. The maximum absolute atomic E-state index is 12.7. The van der Waals surface area contributed by atoms with Gasteiger partial charge < -0.3 is 18.6 Å². The molecule has 0 saturated heterocycles. The molecule has 2 rings (SSSR count). The number of methoxy groups -OCH3 is 1. The number of carbonyl (C=O) groups is 1. The number of hydrogen-bond acceptors (Lipinski definition) is 5. The summed E-state index contributed by atoms with van der Waals surface area (Å²) < 4.78 is 23.1.